The van der Waals surface area contributed by atoms with Gasteiger partial charge >= 0.3 is 0 Å². The van der Waals surface area contributed by atoms with Gasteiger partial charge in [-0.1, -0.05) is 24.3 Å². The number of hydrogen-bond donors (Lipinski definition) is 1. The molecule has 130 valence electrons. The topological polar surface area (TPSA) is 65.4 Å². The summed E-state index contributed by atoms with van der Waals surface area (Å²) in [6, 6.07) is 15.2. The van der Waals surface area contributed by atoms with Crippen molar-refractivity contribution in [3.8, 4) is 11.5 Å². The molecule has 3 rings (SSSR count). The van der Waals surface area contributed by atoms with Gasteiger partial charge in [0.05, 0.1) is 24.2 Å². The van der Waals surface area contributed by atoms with Crippen molar-refractivity contribution < 1.29 is 14.3 Å². The molecule has 0 aliphatic carbocycles. The lowest BCUT2D eigenvalue weighted by Crippen LogP contribution is -2.29. The molecule has 0 radical (unpaired) electrons. The lowest BCUT2D eigenvalue weighted by molar-refractivity contribution is -0.123. The largest absolute Gasteiger partial charge is 0.490 e. The van der Waals surface area contributed by atoms with E-state index in [-0.39, 0.29) is 12.5 Å². The average molecular weight is 339 g/mol. The lowest BCUT2D eigenvalue weighted by Gasteiger charge is -2.11. The highest BCUT2D eigenvalue weighted by Crippen LogP contribution is 2.26. The van der Waals surface area contributed by atoms with E-state index >= 15 is 0 Å². The first kappa shape index (κ1) is 16.8. The number of carbonyl (C=O) groups is 1. The first-order valence-corrected chi connectivity index (χ1v) is 8.20. The fourth-order valence-electron chi connectivity index (χ4n) is 2.57. The van der Waals surface area contributed by atoms with Gasteiger partial charge in [0.15, 0.2) is 18.1 Å². The molecule has 0 saturated carbocycles. The van der Waals surface area contributed by atoms with Crippen molar-refractivity contribution in [3.63, 3.8) is 0 Å². The number of carbonyl (C=O) groups excluding carboxylic acids is 1. The van der Waals surface area contributed by atoms with Crippen LogP contribution in [0.5, 0.6) is 11.5 Å². The Balaban J connectivity index is 1.57. The van der Waals surface area contributed by atoms with Crippen LogP contribution in [0.2, 0.25) is 0 Å². The number of rotatable bonds is 7. The number of para-hydroxylation sites is 4. The predicted octanol–water partition coefficient (Wildman–Crippen LogP) is 2.67. The maximum absolute atomic E-state index is 12.1. The smallest absolute Gasteiger partial charge is 0.258 e. The summed E-state index contributed by atoms with van der Waals surface area (Å²) in [6.07, 6.45) is 0. The molecule has 0 aliphatic rings. The fraction of sp³-hybridized carbons (Fsp3) is 0.263. The summed E-state index contributed by atoms with van der Waals surface area (Å²) in [5, 5.41) is 2.83. The van der Waals surface area contributed by atoms with Crippen LogP contribution in [-0.2, 0) is 18.4 Å². The number of ether oxygens (including phenoxy) is 2. The highest BCUT2D eigenvalue weighted by molar-refractivity contribution is 5.78. The van der Waals surface area contributed by atoms with E-state index in [4.69, 9.17) is 9.47 Å². The van der Waals surface area contributed by atoms with Crippen molar-refractivity contribution in [2.75, 3.05) is 13.2 Å². The van der Waals surface area contributed by atoms with Gasteiger partial charge in [0, 0.05) is 7.05 Å². The van der Waals surface area contributed by atoms with Crippen LogP contribution in [-0.4, -0.2) is 28.7 Å². The fourth-order valence-corrected chi connectivity index (χ4v) is 2.57. The van der Waals surface area contributed by atoms with E-state index in [0.29, 0.717) is 24.7 Å². The number of nitrogens with zero attached hydrogens (tertiary/aromatic N) is 2. The van der Waals surface area contributed by atoms with E-state index in [9.17, 15) is 4.79 Å². The van der Waals surface area contributed by atoms with Gasteiger partial charge in [-0.2, -0.15) is 0 Å². The maximum Gasteiger partial charge on any atom is 0.258 e. The SMILES string of the molecule is CCOc1ccccc1OCC(=O)NCc1nc2ccccc2n1C. The molecule has 2 aromatic carbocycles. The lowest BCUT2D eigenvalue weighted by atomic mass is 10.3. The Morgan fingerprint density at radius 3 is 2.48 bits per heavy atom. The van der Waals surface area contributed by atoms with Crippen LogP contribution in [0.15, 0.2) is 48.5 Å². The Hall–Kier alpha value is -3.02. The number of hydrogen-bond acceptors (Lipinski definition) is 4. The van der Waals surface area contributed by atoms with Crippen LogP contribution in [0.1, 0.15) is 12.7 Å². The normalized spacial score (nSPS) is 10.6. The van der Waals surface area contributed by atoms with E-state index in [1.165, 1.54) is 0 Å². The second-order valence-electron chi connectivity index (χ2n) is 5.52. The number of benzene rings is 2. The van der Waals surface area contributed by atoms with Crippen LogP contribution in [0.4, 0.5) is 0 Å². The zero-order valence-corrected chi connectivity index (χ0v) is 14.4. The van der Waals surface area contributed by atoms with Gasteiger partial charge in [-0.05, 0) is 31.2 Å². The monoisotopic (exact) mass is 339 g/mol. The molecule has 1 aromatic heterocycles. The quantitative estimate of drug-likeness (QED) is 0.719. The summed E-state index contributed by atoms with van der Waals surface area (Å²) < 4.78 is 13.0. The zero-order chi connectivity index (χ0) is 17.6. The molecule has 6 nitrogen and oxygen atoms in total. The molecular formula is C19H21N3O3. The van der Waals surface area contributed by atoms with Crippen molar-refractivity contribution in [2.24, 2.45) is 7.05 Å². The summed E-state index contributed by atoms with van der Waals surface area (Å²) in [5.74, 6) is 1.78. The molecular weight excluding hydrogens is 318 g/mol. The first-order chi connectivity index (χ1) is 12.2. The third-order valence-electron chi connectivity index (χ3n) is 3.83. The third kappa shape index (κ3) is 3.91. The Kier molecular flexibility index (Phi) is 5.18. The second kappa shape index (κ2) is 7.70. The minimum atomic E-state index is -0.210. The minimum absolute atomic E-state index is 0.0754. The maximum atomic E-state index is 12.1. The predicted molar refractivity (Wildman–Crippen MR) is 95.7 cm³/mol. The standard InChI is InChI=1S/C19H21N3O3/c1-3-24-16-10-6-7-11-17(16)25-13-19(23)20-12-18-21-14-8-4-5-9-15(14)22(18)2/h4-11H,3,12-13H2,1-2H3,(H,20,23). The van der Waals surface area contributed by atoms with E-state index in [2.05, 4.69) is 10.3 Å². The molecule has 25 heavy (non-hydrogen) atoms. The Bertz CT molecular complexity index is 873. The number of fused-ring (bicyclic) bond motifs is 1. The highest BCUT2D eigenvalue weighted by Gasteiger charge is 2.10. The summed E-state index contributed by atoms with van der Waals surface area (Å²) in [6.45, 7) is 2.72. The van der Waals surface area contributed by atoms with Crippen LogP contribution < -0.4 is 14.8 Å². The molecule has 1 N–H and O–H groups in total. The van der Waals surface area contributed by atoms with Crippen molar-refractivity contribution in [2.45, 2.75) is 13.5 Å². The molecule has 0 bridgehead atoms. The molecule has 1 amide bonds. The van der Waals surface area contributed by atoms with Crippen LogP contribution in [0.25, 0.3) is 11.0 Å². The van der Waals surface area contributed by atoms with Crippen LogP contribution in [0.3, 0.4) is 0 Å². The molecule has 6 heteroatoms. The van der Waals surface area contributed by atoms with Gasteiger partial charge in [0.25, 0.3) is 5.91 Å². The van der Waals surface area contributed by atoms with Crippen LogP contribution in [0, 0.1) is 0 Å². The van der Waals surface area contributed by atoms with E-state index < -0.39 is 0 Å². The summed E-state index contributed by atoms with van der Waals surface area (Å²) in [5.41, 5.74) is 1.95. The van der Waals surface area contributed by atoms with Crippen molar-refractivity contribution >= 4 is 16.9 Å². The van der Waals surface area contributed by atoms with Crippen molar-refractivity contribution in [1.82, 2.24) is 14.9 Å². The van der Waals surface area contributed by atoms with Crippen molar-refractivity contribution in [1.29, 1.82) is 0 Å². The van der Waals surface area contributed by atoms with E-state index in [1.54, 1.807) is 6.07 Å². The highest BCUT2D eigenvalue weighted by atomic mass is 16.5. The Morgan fingerprint density at radius 2 is 1.76 bits per heavy atom. The molecule has 0 spiro atoms. The van der Waals surface area contributed by atoms with Gasteiger partial charge in [-0.15, -0.1) is 0 Å². The average Bonchev–Trinajstić information content (AvgIpc) is 2.96. The van der Waals surface area contributed by atoms with Gasteiger partial charge in [0.1, 0.15) is 5.82 Å². The molecule has 0 fully saturated rings. The third-order valence-corrected chi connectivity index (χ3v) is 3.83. The molecule has 0 atom stereocenters. The number of aryl methyl sites for hydroxylation is 1. The Labute approximate surface area is 146 Å². The summed E-state index contributed by atoms with van der Waals surface area (Å²) >= 11 is 0. The molecule has 1 heterocycles. The van der Waals surface area contributed by atoms with E-state index in [1.807, 2.05) is 61.0 Å². The van der Waals surface area contributed by atoms with Gasteiger partial charge in [-0.3, -0.25) is 4.79 Å². The summed E-state index contributed by atoms with van der Waals surface area (Å²) in [4.78, 5) is 16.6. The van der Waals surface area contributed by atoms with Crippen LogP contribution >= 0.6 is 0 Å². The molecule has 0 aliphatic heterocycles. The molecule has 0 saturated heterocycles. The number of amides is 1. The summed E-state index contributed by atoms with van der Waals surface area (Å²) in [7, 11) is 1.94. The minimum Gasteiger partial charge on any atom is -0.490 e. The Morgan fingerprint density at radius 1 is 1.08 bits per heavy atom. The number of nitrogens with one attached hydrogen (secondary N) is 1. The van der Waals surface area contributed by atoms with Gasteiger partial charge < -0.3 is 19.4 Å². The van der Waals surface area contributed by atoms with Gasteiger partial charge in [0.2, 0.25) is 0 Å². The van der Waals surface area contributed by atoms with Crippen molar-refractivity contribution in [3.05, 3.63) is 54.4 Å². The van der Waals surface area contributed by atoms with E-state index in [0.717, 1.165) is 16.9 Å². The zero-order valence-electron chi connectivity index (χ0n) is 14.4. The molecule has 3 aromatic rings. The second-order valence-corrected chi connectivity index (χ2v) is 5.52. The number of imidazole rings is 1. The first-order valence-electron chi connectivity index (χ1n) is 8.20. The molecule has 0 unspecified atom stereocenters. The number of aromatic nitrogens is 2. The van der Waals surface area contributed by atoms with Gasteiger partial charge in [-0.25, -0.2) is 4.98 Å².